The van der Waals surface area contributed by atoms with Crippen molar-refractivity contribution in [3.8, 4) is 5.75 Å². The summed E-state index contributed by atoms with van der Waals surface area (Å²) in [4.78, 5) is 0. The van der Waals surface area contributed by atoms with Crippen LogP contribution in [0.25, 0.3) is 0 Å². The SMILES string of the molecule is CNCC1(CNc2cccc(OC)c2)CCC1. The van der Waals surface area contributed by atoms with Crippen molar-refractivity contribution in [3.05, 3.63) is 24.3 Å². The summed E-state index contributed by atoms with van der Waals surface area (Å²) in [6, 6.07) is 8.13. The van der Waals surface area contributed by atoms with Crippen LogP contribution in [0.4, 0.5) is 5.69 Å². The van der Waals surface area contributed by atoms with Gasteiger partial charge in [0.1, 0.15) is 5.75 Å². The Morgan fingerprint density at radius 3 is 2.71 bits per heavy atom. The molecule has 0 radical (unpaired) electrons. The van der Waals surface area contributed by atoms with Crippen LogP contribution < -0.4 is 15.4 Å². The van der Waals surface area contributed by atoms with E-state index in [1.54, 1.807) is 7.11 Å². The number of hydrogen-bond acceptors (Lipinski definition) is 3. The fourth-order valence-corrected chi connectivity index (χ4v) is 2.49. The number of nitrogens with one attached hydrogen (secondary N) is 2. The third-order valence-corrected chi connectivity index (χ3v) is 3.70. The number of anilines is 1. The summed E-state index contributed by atoms with van der Waals surface area (Å²) in [5.41, 5.74) is 1.60. The first-order valence-electron chi connectivity index (χ1n) is 6.31. The maximum absolute atomic E-state index is 5.22. The molecule has 0 amide bonds. The molecule has 17 heavy (non-hydrogen) atoms. The van der Waals surface area contributed by atoms with E-state index in [0.29, 0.717) is 5.41 Å². The summed E-state index contributed by atoms with van der Waals surface area (Å²) < 4.78 is 5.22. The van der Waals surface area contributed by atoms with Gasteiger partial charge in [-0.2, -0.15) is 0 Å². The Labute approximate surface area is 104 Å². The van der Waals surface area contributed by atoms with E-state index < -0.39 is 0 Å². The predicted octanol–water partition coefficient (Wildman–Crippen LogP) is 2.50. The summed E-state index contributed by atoms with van der Waals surface area (Å²) in [6.45, 7) is 2.14. The first kappa shape index (κ1) is 12.2. The maximum atomic E-state index is 5.22. The average Bonchev–Trinajstić information content (AvgIpc) is 2.33. The highest BCUT2D eigenvalue weighted by atomic mass is 16.5. The zero-order valence-corrected chi connectivity index (χ0v) is 10.8. The van der Waals surface area contributed by atoms with Crippen molar-refractivity contribution in [3.63, 3.8) is 0 Å². The largest absolute Gasteiger partial charge is 0.497 e. The predicted molar refractivity (Wildman–Crippen MR) is 71.7 cm³/mol. The lowest BCUT2D eigenvalue weighted by atomic mass is 9.68. The van der Waals surface area contributed by atoms with Gasteiger partial charge in [-0.3, -0.25) is 0 Å². The van der Waals surface area contributed by atoms with E-state index in [4.69, 9.17) is 4.74 Å². The zero-order valence-electron chi connectivity index (χ0n) is 10.8. The third kappa shape index (κ3) is 2.91. The monoisotopic (exact) mass is 234 g/mol. The van der Waals surface area contributed by atoms with Gasteiger partial charge in [0.2, 0.25) is 0 Å². The Morgan fingerprint density at radius 2 is 2.12 bits per heavy atom. The van der Waals surface area contributed by atoms with Crippen molar-refractivity contribution in [1.29, 1.82) is 0 Å². The zero-order chi connectivity index (χ0) is 12.1. The molecule has 2 rings (SSSR count). The van der Waals surface area contributed by atoms with Gasteiger partial charge in [-0.05, 0) is 32.0 Å². The van der Waals surface area contributed by atoms with E-state index in [-0.39, 0.29) is 0 Å². The smallest absolute Gasteiger partial charge is 0.120 e. The first-order valence-corrected chi connectivity index (χ1v) is 6.31. The lowest BCUT2D eigenvalue weighted by Gasteiger charge is -2.42. The second kappa shape index (κ2) is 5.41. The van der Waals surface area contributed by atoms with Crippen LogP contribution in [0.5, 0.6) is 5.75 Å². The number of rotatable bonds is 6. The van der Waals surface area contributed by atoms with Gasteiger partial charge >= 0.3 is 0 Å². The molecule has 0 aliphatic heterocycles. The molecule has 1 saturated carbocycles. The van der Waals surface area contributed by atoms with Crippen molar-refractivity contribution < 1.29 is 4.74 Å². The first-order chi connectivity index (χ1) is 8.28. The highest BCUT2D eigenvalue weighted by molar-refractivity contribution is 5.48. The van der Waals surface area contributed by atoms with Gasteiger partial charge in [0.15, 0.2) is 0 Å². The van der Waals surface area contributed by atoms with Crippen LogP contribution in [0.15, 0.2) is 24.3 Å². The van der Waals surface area contributed by atoms with Gasteiger partial charge in [0.05, 0.1) is 7.11 Å². The summed E-state index contributed by atoms with van der Waals surface area (Å²) in [5, 5.41) is 6.83. The van der Waals surface area contributed by atoms with E-state index in [2.05, 4.69) is 16.7 Å². The summed E-state index contributed by atoms with van der Waals surface area (Å²) in [7, 11) is 3.74. The lowest BCUT2D eigenvalue weighted by Crippen LogP contribution is -2.44. The fraction of sp³-hybridized carbons (Fsp3) is 0.571. The second-order valence-corrected chi connectivity index (χ2v) is 4.97. The number of methoxy groups -OCH3 is 1. The minimum atomic E-state index is 0.456. The van der Waals surface area contributed by atoms with Crippen molar-refractivity contribution in [2.24, 2.45) is 5.41 Å². The molecule has 3 nitrogen and oxygen atoms in total. The van der Waals surface area contributed by atoms with Gasteiger partial charge in [0.25, 0.3) is 0 Å². The van der Waals surface area contributed by atoms with Crippen molar-refractivity contribution in [1.82, 2.24) is 5.32 Å². The Hall–Kier alpha value is -1.22. The van der Waals surface area contributed by atoms with Crippen LogP contribution in [0.1, 0.15) is 19.3 Å². The van der Waals surface area contributed by atoms with E-state index in [9.17, 15) is 0 Å². The molecule has 0 atom stereocenters. The Kier molecular flexibility index (Phi) is 3.89. The van der Waals surface area contributed by atoms with E-state index in [1.807, 2.05) is 25.2 Å². The highest BCUT2D eigenvalue weighted by Crippen LogP contribution is 2.40. The molecule has 1 aromatic carbocycles. The molecule has 1 fully saturated rings. The fourth-order valence-electron chi connectivity index (χ4n) is 2.49. The van der Waals surface area contributed by atoms with Crippen LogP contribution in [0.2, 0.25) is 0 Å². The van der Waals surface area contributed by atoms with Crippen LogP contribution in [0.3, 0.4) is 0 Å². The van der Waals surface area contributed by atoms with E-state index in [0.717, 1.165) is 24.5 Å². The highest BCUT2D eigenvalue weighted by Gasteiger charge is 2.35. The van der Waals surface area contributed by atoms with Crippen LogP contribution in [0, 0.1) is 5.41 Å². The van der Waals surface area contributed by atoms with Crippen LogP contribution >= 0.6 is 0 Å². The average molecular weight is 234 g/mol. The van der Waals surface area contributed by atoms with E-state index >= 15 is 0 Å². The van der Waals surface area contributed by atoms with Crippen molar-refractivity contribution >= 4 is 5.69 Å². The summed E-state index contributed by atoms with van der Waals surface area (Å²) in [5.74, 6) is 0.909. The van der Waals surface area contributed by atoms with Crippen LogP contribution in [-0.4, -0.2) is 27.2 Å². The molecule has 0 unspecified atom stereocenters. The number of ether oxygens (including phenoxy) is 1. The molecule has 94 valence electrons. The molecular formula is C14H22N2O. The van der Waals surface area contributed by atoms with Crippen molar-refractivity contribution in [2.45, 2.75) is 19.3 Å². The normalized spacial score (nSPS) is 17.3. The molecule has 0 spiro atoms. The molecular weight excluding hydrogens is 212 g/mol. The molecule has 0 aromatic heterocycles. The summed E-state index contributed by atoms with van der Waals surface area (Å²) in [6.07, 6.45) is 4.01. The number of hydrogen-bond donors (Lipinski definition) is 2. The van der Waals surface area contributed by atoms with Crippen molar-refractivity contribution in [2.75, 3.05) is 32.6 Å². The molecule has 3 heteroatoms. The molecule has 2 N–H and O–H groups in total. The van der Waals surface area contributed by atoms with Crippen LogP contribution in [-0.2, 0) is 0 Å². The second-order valence-electron chi connectivity index (χ2n) is 4.97. The molecule has 1 aromatic rings. The lowest BCUT2D eigenvalue weighted by molar-refractivity contribution is 0.151. The molecule has 0 saturated heterocycles. The topological polar surface area (TPSA) is 33.3 Å². The minimum absolute atomic E-state index is 0.456. The molecule has 0 bridgehead atoms. The molecule has 0 heterocycles. The third-order valence-electron chi connectivity index (χ3n) is 3.70. The van der Waals surface area contributed by atoms with Gasteiger partial charge in [-0.25, -0.2) is 0 Å². The minimum Gasteiger partial charge on any atom is -0.497 e. The molecule has 1 aliphatic carbocycles. The summed E-state index contributed by atoms with van der Waals surface area (Å²) >= 11 is 0. The van der Waals surface area contributed by atoms with Gasteiger partial charge < -0.3 is 15.4 Å². The standard InChI is InChI=1S/C14H22N2O/c1-15-10-14(7-4-8-14)11-16-12-5-3-6-13(9-12)17-2/h3,5-6,9,15-16H,4,7-8,10-11H2,1-2H3. The Balaban J connectivity index is 1.92. The molecule has 1 aliphatic rings. The Bertz CT molecular complexity index is 361. The van der Waals surface area contributed by atoms with E-state index in [1.165, 1.54) is 19.3 Å². The quantitative estimate of drug-likeness (QED) is 0.793. The maximum Gasteiger partial charge on any atom is 0.120 e. The number of benzene rings is 1. The Morgan fingerprint density at radius 1 is 1.29 bits per heavy atom. The van der Waals surface area contributed by atoms with Gasteiger partial charge in [-0.15, -0.1) is 0 Å². The van der Waals surface area contributed by atoms with Gasteiger partial charge in [-0.1, -0.05) is 12.5 Å². The van der Waals surface area contributed by atoms with Gasteiger partial charge in [0, 0.05) is 30.3 Å².